The van der Waals surface area contributed by atoms with Crippen LogP contribution in [0, 0.1) is 5.92 Å². The van der Waals surface area contributed by atoms with Gasteiger partial charge in [0.05, 0.1) is 11.1 Å². The maximum absolute atomic E-state index is 12.2. The van der Waals surface area contributed by atoms with Gasteiger partial charge in [-0.1, -0.05) is 50.1 Å². The highest BCUT2D eigenvalue weighted by Crippen LogP contribution is 2.34. The summed E-state index contributed by atoms with van der Waals surface area (Å²) in [5.41, 5.74) is 0. The highest BCUT2D eigenvalue weighted by Gasteiger charge is 2.19. The van der Waals surface area contributed by atoms with E-state index in [0.29, 0.717) is 9.90 Å². The van der Waals surface area contributed by atoms with Gasteiger partial charge in [-0.15, -0.1) is 11.3 Å². The highest BCUT2D eigenvalue weighted by atomic mass is 35.5. The van der Waals surface area contributed by atoms with Crippen LogP contribution in [0.5, 0.6) is 0 Å². The fourth-order valence-corrected chi connectivity index (χ4v) is 3.34. The Morgan fingerprint density at radius 1 is 1.45 bits per heavy atom. The van der Waals surface area contributed by atoms with Crippen LogP contribution in [0.15, 0.2) is 24.3 Å². The van der Waals surface area contributed by atoms with Crippen molar-refractivity contribution in [3.05, 3.63) is 34.2 Å². The Morgan fingerprint density at radius 2 is 2.15 bits per heavy atom. The molecule has 3 nitrogen and oxygen atoms in total. The predicted octanol–water partition coefficient (Wildman–Crippen LogP) is 3.69. The van der Waals surface area contributed by atoms with E-state index in [9.17, 15) is 9.90 Å². The van der Waals surface area contributed by atoms with Crippen LogP contribution < -0.4 is 5.32 Å². The molecule has 0 radical (unpaired) electrons. The lowest BCUT2D eigenvalue weighted by Crippen LogP contribution is -2.35. The molecule has 2 aromatic rings. The lowest BCUT2D eigenvalue weighted by molar-refractivity contribution is 0.0854. The molecule has 2 rings (SSSR count). The van der Waals surface area contributed by atoms with Gasteiger partial charge in [0.2, 0.25) is 0 Å². The molecule has 2 atom stereocenters. The molecule has 0 fully saturated rings. The molecule has 0 bridgehead atoms. The van der Waals surface area contributed by atoms with Gasteiger partial charge in [0.25, 0.3) is 5.91 Å². The molecule has 2 N–H and O–H groups in total. The Morgan fingerprint density at radius 3 is 2.80 bits per heavy atom. The van der Waals surface area contributed by atoms with Crippen LogP contribution in [0.1, 0.15) is 29.9 Å². The summed E-state index contributed by atoms with van der Waals surface area (Å²) >= 11 is 7.62. The third-order valence-electron chi connectivity index (χ3n) is 3.51. The number of rotatable bonds is 5. The number of hydrogen-bond donors (Lipinski definition) is 2. The van der Waals surface area contributed by atoms with E-state index in [1.165, 1.54) is 11.3 Å². The first kappa shape index (κ1) is 15.3. The number of thiophene rings is 1. The van der Waals surface area contributed by atoms with Gasteiger partial charge in [-0.2, -0.15) is 0 Å². The normalized spacial score (nSPS) is 14.2. The minimum Gasteiger partial charge on any atom is -0.391 e. The molecule has 2 unspecified atom stereocenters. The van der Waals surface area contributed by atoms with Gasteiger partial charge >= 0.3 is 0 Å². The summed E-state index contributed by atoms with van der Waals surface area (Å²) in [6.45, 7) is 4.22. The molecule has 5 heteroatoms. The first-order chi connectivity index (χ1) is 9.54. The van der Waals surface area contributed by atoms with E-state index in [2.05, 4.69) is 5.32 Å². The molecule has 20 heavy (non-hydrogen) atoms. The van der Waals surface area contributed by atoms with Crippen molar-refractivity contribution >= 4 is 38.9 Å². The third-order valence-corrected chi connectivity index (χ3v) is 5.19. The minimum atomic E-state index is -0.530. The van der Waals surface area contributed by atoms with E-state index in [-0.39, 0.29) is 18.4 Å². The first-order valence-electron chi connectivity index (χ1n) is 6.67. The van der Waals surface area contributed by atoms with Crippen molar-refractivity contribution in [3.63, 3.8) is 0 Å². The molecule has 0 saturated carbocycles. The number of aliphatic hydroxyl groups excluding tert-OH is 1. The van der Waals surface area contributed by atoms with Gasteiger partial charge in [0, 0.05) is 16.6 Å². The Hall–Kier alpha value is -1.10. The minimum absolute atomic E-state index is 0.160. The molecule has 1 heterocycles. The average molecular weight is 312 g/mol. The molecule has 1 aromatic carbocycles. The number of amides is 1. The monoisotopic (exact) mass is 311 g/mol. The SMILES string of the molecule is CCC(C)C(O)CNC(=O)c1sc2ccccc2c1Cl. The summed E-state index contributed by atoms with van der Waals surface area (Å²) in [5, 5.41) is 14.0. The number of nitrogens with one attached hydrogen (secondary N) is 1. The summed E-state index contributed by atoms with van der Waals surface area (Å²) in [6.07, 6.45) is 0.345. The van der Waals surface area contributed by atoms with E-state index >= 15 is 0 Å². The van der Waals surface area contributed by atoms with Crippen molar-refractivity contribution in [1.29, 1.82) is 0 Å². The summed E-state index contributed by atoms with van der Waals surface area (Å²) in [7, 11) is 0. The molecule has 0 aliphatic rings. The molecule has 108 valence electrons. The predicted molar refractivity (Wildman–Crippen MR) is 84.6 cm³/mol. The zero-order valence-electron chi connectivity index (χ0n) is 11.5. The second-order valence-electron chi connectivity index (χ2n) is 4.90. The summed E-state index contributed by atoms with van der Waals surface area (Å²) in [4.78, 5) is 12.7. The van der Waals surface area contributed by atoms with E-state index in [0.717, 1.165) is 16.5 Å². The lowest BCUT2D eigenvalue weighted by Gasteiger charge is -2.17. The number of fused-ring (bicyclic) bond motifs is 1. The molecule has 0 saturated heterocycles. The number of carbonyl (C=O) groups is 1. The van der Waals surface area contributed by atoms with Gasteiger partial charge in [-0.3, -0.25) is 4.79 Å². The quantitative estimate of drug-likeness (QED) is 0.884. The van der Waals surface area contributed by atoms with Crippen LogP contribution in [0.25, 0.3) is 10.1 Å². The van der Waals surface area contributed by atoms with Gasteiger partial charge in [0.15, 0.2) is 0 Å². The second-order valence-corrected chi connectivity index (χ2v) is 6.33. The Balaban J connectivity index is 2.10. The first-order valence-corrected chi connectivity index (χ1v) is 7.87. The van der Waals surface area contributed by atoms with Crippen LogP contribution >= 0.6 is 22.9 Å². The average Bonchev–Trinajstić information content (AvgIpc) is 2.81. The Bertz CT molecular complexity index is 611. The highest BCUT2D eigenvalue weighted by molar-refractivity contribution is 7.21. The Labute approximate surface area is 127 Å². The molecule has 1 aromatic heterocycles. The summed E-state index contributed by atoms with van der Waals surface area (Å²) in [5.74, 6) is -0.0632. The van der Waals surface area contributed by atoms with Crippen LogP contribution in [0.2, 0.25) is 5.02 Å². The number of carbonyl (C=O) groups excluding carboxylic acids is 1. The number of aliphatic hydroxyl groups is 1. The van der Waals surface area contributed by atoms with Gasteiger partial charge in [-0.25, -0.2) is 0 Å². The molecular weight excluding hydrogens is 294 g/mol. The van der Waals surface area contributed by atoms with Gasteiger partial charge in [-0.05, 0) is 12.0 Å². The van der Waals surface area contributed by atoms with E-state index in [1.807, 2.05) is 38.1 Å². The van der Waals surface area contributed by atoms with Crippen molar-refractivity contribution in [2.24, 2.45) is 5.92 Å². The summed E-state index contributed by atoms with van der Waals surface area (Å²) < 4.78 is 0.991. The fraction of sp³-hybridized carbons (Fsp3) is 0.400. The Kier molecular flexibility index (Phi) is 5.02. The van der Waals surface area contributed by atoms with Crippen molar-refractivity contribution in [3.8, 4) is 0 Å². The van der Waals surface area contributed by atoms with Crippen LogP contribution in [-0.4, -0.2) is 23.7 Å². The molecule has 1 amide bonds. The smallest absolute Gasteiger partial charge is 0.263 e. The van der Waals surface area contributed by atoms with Gasteiger partial charge < -0.3 is 10.4 Å². The fourth-order valence-electron chi connectivity index (χ4n) is 1.91. The van der Waals surface area contributed by atoms with Crippen molar-refractivity contribution in [1.82, 2.24) is 5.32 Å². The standard InChI is InChI=1S/C15H18ClNO2S/c1-3-9(2)11(18)8-17-15(19)14-13(16)10-6-4-5-7-12(10)20-14/h4-7,9,11,18H,3,8H2,1-2H3,(H,17,19). The van der Waals surface area contributed by atoms with E-state index in [4.69, 9.17) is 11.6 Å². The zero-order chi connectivity index (χ0) is 14.7. The topological polar surface area (TPSA) is 49.3 Å². The number of benzene rings is 1. The second kappa shape index (κ2) is 6.57. The number of hydrogen-bond acceptors (Lipinski definition) is 3. The zero-order valence-corrected chi connectivity index (χ0v) is 13.1. The van der Waals surface area contributed by atoms with Crippen molar-refractivity contribution in [2.75, 3.05) is 6.54 Å². The summed E-state index contributed by atoms with van der Waals surface area (Å²) in [6, 6.07) is 7.66. The van der Waals surface area contributed by atoms with Crippen LogP contribution in [0.3, 0.4) is 0 Å². The van der Waals surface area contributed by atoms with E-state index in [1.54, 1.807) is 0 Å². The van der Waals surface area contributed by atoms with Crippen LogP contribution in [-0.2, 0) is 0 Å². The molecule has 0 aliphatic heterocycles. The maximum atomic E-state index is 12.2. The van der Waals surface area contributed by atoms with Gasteiger partial charge in [0.1, 0.15) is 4.88 Å². The van der Waals surface area contributed by atoms with Crippen molar-refractivity contribution in [2.45, 2.75) is 26.4 Å². The van der Waals surface area contributed by atoms with Crippen molar-refractivity contribution < 1.29 is 9.90 Å². The molecule has 0 aliphatic carbocycles. The third kappa shape index (κ3) is 3.14. The molecular formula is C15H18ClNO2S. The van der Waals surface area contributed by atoms with Crippen LogP contribution in [0.4, 0.5) is 0 Å². The molecule has 0 spiro atoms. The number of halogens is 1. The van der Waals surface area contributed by atoms with E-state index < -0.39 is 6.10 Å². The maximum Gasteiger partial charge on any atom is 0.263 e. The largest absolute Gasteiger partial charge is 0.391 e. The lowest BCUT2D eigenvalue weighted by atomic mass is 10.0.